The number of aromatic hydroxyl groups is 1. The first-order chi connectivity index (χ1) is 15.4. The standard InChI is InChI=1S/C26H17NO5/c1-14-20-13-22-21(24(29)18-7-2-3-8-19(18)25(22)30)11-15(20)9-10-23(14)32-26(31)27-16-5-4-6-17(28)12-16/h2-13,28H,1H3,(H,27,31). The highest BCUT2D eigenvalue weighted by Gasteiger charge is 2.30. The van der Waals surface area contributed by atoms with Gasteiger partial charge in [-0.25, -0.2) is 4.79 Å². The van der Waals surface area contributed by atoms with Crippen molar-refractivity contribution in [2.24, 2.45) is 0 Å². The maximum absolute atomic E-state index is 13.0. The summed E-state index contributed by atoms with van der Waals surface area (Å²) in [6.07, 6.45) is -0.712. The summed E-state index contributed by atoms with van der Waals surface area (Å²) in [4.78, 5) is 38.3. The van der Waals surface area contributed by atoms with Crippen molar-refractivity contribution < 1.29 is 24.2 Å². The number of fused-ring (bicyclic) bond motifs is 3. The van der Waals surface area contributed by atoms with Gasteiger partial charge in [0.25, 0.3) is 0 Å². The van der Waals surface area contributed by atoms with Crippen LogP contribution in [0.25, 0.3) is 10.8 Å². The number of benzene rings is 4. The minimum atomic E-state index is -0.712. The normalized spacial score (nSPS) is 12.3. The van der Waals surface area contributed by atoms with Crippen LogP contribution in [-0.2, 0) is 0 Å². The summed E-state index contributed by atoms with van der Waals surface area (Å²) < 4.78 is 5.46. The van der Waals surface area contributed by atoms with E-state index in [4.69, 9.17) is 4.74 Å². The molecule has 5 rings (SSSR count). The van der Waals surface area contributed by atoms with E-state index in [1.165, 1.54) is 12.1 Å². The predicted molar refractivity (Wildman–Crippen MR) is 120 cm³/mol. The Morgan fingerprint density at radius 1 is 0.812 bits per heavy atom. The van der Waals surface area contributed by atoms with Gasteiger partial charge in [-0.05, 0) is 53.6 Å². The number of rotatable bonds is 2. The molecule has 2 N–H and O–H groups in total. The SMILES string of the molecule is Cc1c(OC(=O)Nc2cccc(O)c2)ccc2cc3c(cc12)C(=O)c1ccccc1C3=O. The highest BCUT2D eigenvalue weighted by atomic mass is 16.6. The van der Waals surface area contributed by atoms with Crippen molar-refractivity contribution in [2.45, 2.75) is 6.92 Å². The molecule has 0 aliphatic heterocycles. The summed E-state index contributed by atoms with van der Waals surface area (Å²) in [7, 11) is 0. The lowest BCUT2D eigenvalue weighted by Crippen LogP contribution is -2.21. The van der Waals surface area contributed by atoms with Crippen molar-refractivity contribution in [3.05, 3.63) is 101 Å². The van der Waals surface area contributed by atoms with Crippen LogP contribution < -0.4 is 10.1 Å². The minimum absolute atomic E-state index is 0.0234. The molecule has 0 spiro atoms. The molecule has 0 saturated carbocycles. The summed E-state index contributed by atoms with van der Waals surface area (Å²) in [5.41, 5.74) is 2.56. The topological polar surface area (TPSA) is 92.7 Å². The number of phenols is 1. The fourth-order valence-corrected chi connectivity index (χ4v) is 3.98. The number of amides is 1. The Balaban J connectivity index is 1.51. The molecule has 1 aliphatic rings. The lowest BCUT2D eigenvalue weighted by molar-refractivity contribution is 0.0979. The average Bonchev–Trinajstić information content (AvgIpc) is 2.79. The van der Waals surface area contributed by atoms with E-state index in [9.17, 15) is 19.5 Å². The van der Waals surface area contributed by atoms with Gasteiger partial charge in [0.2, 0.25) is 0 Å². The molecule has 6 nitrogen and oxygen atoms in total. The van der Waals surface area contributed by atoms with Crippen molar-refractivity contribution >= 4 is 34.1 Å². The van der Waals surface area contributed by atoms with Gasteiger partial charge in [0, 0.05) is 34.0 Å². The Morgan fingerprint density at radius 2 is 1.50 bits per heavy atom. The first-order valence-electron chi connectivity index (χ1n) is 9.96. The molecular weight excluding hydrogens is 406 g/mol. The number of hydrogen-bond acceptors (Lipinski definition) is 5. The second-order valence-electron chi connectivity index (χ2n) is 7.58. The molecule has 0 unspecified atom stereocenters. The summed E-state index contributed by atoms with van der Waals surface area (Å²) in [5.74, 6) is -0.0367. The molecule has 0 radical (unpaired) electrons. The van der Waals surface area contributed by atoms with Crippen LogP contribution >= 0.6 is 0 Å². The number of carbonyl (C=O) groups excluding carboxylic acids is 3. The third kappa shape index (κ3) is 3.18. The van der Waals surface area contributed by atoms with Gasteiger partial charge in [-0.3, -0.25) is 14.9 Å². The third-order valence-corrected chi connectivity index (χ3v) is 5.58. The van der Waals surface area contributed by atoms with E-state index < -0.39 is 6.09 Å². The van der Waals surface area contributed by atoms with E-state index in [-0.39, 0.29) is 17.3 Å². The molecule has 32 heavy (non-hydrogen) atoms. The minimum Gasteiger partial charge on any atom is -0.508 e. The van der Waals surface area contributed by atoms with Crippen molar-refractivity contribution in [3.63, 3.8) is 0 Å². The Labute approximate surface area is 183 Å². The van der Waals surface area contributed by atoms with Crippen LogP contribution in [0.5, 0.6) is 11.5 Å². The number of aryl methyl sites for hydroxylation is 1. The van der Waals surface area contributed by atoms with Crippen molar-refractivity contribution in [2.75, 3.05) is 5.32 Å². The van der Waals surface area contributed by atoms with E-state index in [0.29, 0.717) is 44.6 Å². The lowest BCUT2D eigenvalue weighted by atomic mass is 9.82. The fourth-order valence-electron chi connectivity index (χ4n) is 3.98. The zero-order valence-corrected chi connectivity index (χ0v) is 17.0. The quantitative estimate of drug-likeness (QED) is 0.405. The fraction of sp³-hybridized carbons (Fsp3) is 0.0385. The number of hydrogen-bond donors (Lipinski definition) is 2. The van der Waals surface area contributed by atoms with Gasteiger partial charge in [0.05, 0.1) is 0 Å². The van der Waals surface area contributed by atoms with Crippen LogP contribution in [0.3, 0.4) is 0 Å². The second-order valence-corrected chi connectivity index (χ2v) is 7.58. The highest BCUT2D eigenvalue weighted by molar-refractivity contribution is 6.29. The summed E-state index contributed by atoms with van der Waals surface area (Å²) in [6, 6.07) is 19.7. The van der Waals surface area contributed by atoms with Crippen LogP contribution in [0.2, 0.25) is 0 Å². The van der Waals surface area contributed by atoms with E-state index >= 15 is 0 Å². The number of carbonyl (C=O) groups is 3. The van der Waals surface area contributed by atoms with Gasteiger partial charge >= 0.3 is 6.09 Å². The molecule has 4 aromatic carbocycles. The molecule has 6 heteroatoms. The zero-order valence-electron chi connectivity index (χ0n) is 17.0. The number of nitrogens with one attached hydrogen (secondary N) is 1. The summed E-state index contributed by atoms with van der Waals surface area (Å²) >= 11 is 0. The van der Waals surface area contributed by atoms with E-state index in [2.05, 4.69) is 5.32 Å². The Morgan fingerprint density at radius 3 is 2.19 bits per heavy atom. The number of phenolic OH excluding ortho intramolecular Hbond substituents is 1. The van der Waals surface area contributed by atoms with Crippen LogP contribution in [-0.4, -0.2) is 22.8 Å². The van der Waals surface area contributed by atoms with Crippen LogP contribution in [0.1, 0.15) is 37.4 Å². The number of ketones is 2. The molecule has 4 aromatic rings. The molecule has 0 saturated heterocycles. The molecule has 1 amide bonds. The molecular formula is C26H17NO5. The maximum Gasteiger partial charge on any atom is 0.417 e. The summed E-state index contributed by atoms with van der Waals surface area (Å²) in [6.45, 7) is 1.79. The highest BCUT2D eigenvalue weighted by Crippen LogP contribution is 2.34. The smallest absolute Gasteiger partial charge is 0.417 e. The molecule has 0 fully saturated rings. The van der Waals surface area contributed by atoms with Crippen LogP contribution in [0, 0.1) is 6.92 Å². The lowest BCUT2D eigenvalue weighted by Gasteiger charge is -2.19. The van der Waals surface area contributed by atoms with Crippen LogP contribution in [0.15, 0.2) is 72.8 Å². The number of anilines is 1. The van der Waals surface area contributed by atoms with E-state index in [1.54, 1.807) is 67.6 Å². The first kappa shape index (κ1) is 19.5. The summed E-state index contributed by atoms with van der Waals surface area (Å²) in [5, 5.41) is 13.6. The molecule has 0 aromatic heterocycles. The largest absolute Gasteiger partial charge is 0.508 e. The van der Waals surface area contributed by atoms with Crippen molar-refractivity contribution in [1.82, 2.24) is 0 Å². The Bertz CT molecular complexity index is 1450. The molecule has 0 bridgehead atoms. The van der Waals surface area contributed by atoms with Crippen molar-refractivity contribution in [3.8, 4) is 11.5 Å². The van der Waals surface area contributed by atoms with Crippen LogP contribution in [0.4, 0.5) is 10.5 Å². The average molecular weight is 423 g/mol. The van der Waals surface area contributed by atoms with Crippen molar-refractivity contribution in [1.29, 1.82) is 0 Å². The van der Waals surface area contributed by atoms with Gasteiger partial charge in [0.1, 0.15) is 11.5 Å². The van der Waals surface area contributed by atoms with Gasteiger partial charge in [0.15, 0.2) is 11.6 Å². The van der Waals surface area contributed by atoms with Gasteiger partial charge < -0.3 is 9.84 Å². The third-order valence-electron chi connectivity index (χ3n) is 5.58. The Kier molecular flexibility index (Phi) is 4.48. The molecule has 0 heterocycles. The monoisotopic (exact) mass is 423 g/mol. The zero-order chi connectivity index (χ0) is 22.4. The van der Waals surface area contributed by atoms with E-state index in [1.807, 2.05) is 0 Å². The van der Waals surface area contributed by atoms with E-state index in [0.717, 1.165) is 5.39 Å². The maximum atomic E-state index is 13.0. The van der Waals surface area contributed by atoms with Gasteiger partial charge in [-0.2, -0.15) is 0 Å². The molecule has 0 atom stereocenters. The predicted octanol–water partition coefficient (Wildman–Crippen LogP) is 5.24. The molecule has 1 aliphatic carbocycles. The molecule has 156 valence electrons. The first-order valence-corrected chi connectivity index (χ1v) is 9.96. The van der Waals surface area contributed by atoms with Gasteiger partial charge in [-0.1, -0.05) is 36.4 Å². The number of ether oxygens (including phenoxy) is 1. The van der Waals surface area contributed by atoms with Gasteiger partial charge in [-0.15, -0.1) is 0 Å². The second kappa shape index (κ2) is 7.35. The Hall–Kier alpha value is -4.45.